The van der Waals surface area contributed by atoms with E-state index in [0.29, 0.717) is 0 Å². The van der Waals surface area contributed by atoms with Gasteiger partial charge in [0.25, 0.3) is 0 Å². The second-order valence-corrected chi connectivity index (χ2v) is 6.25. The van der Waals surface area contributed by atoms with Crippen LogP contribution < -0.4 is 4.72 Å². The standard InChI is InChI=1S/C10H16N2O2S/c1-10(2,3)8-5-9(7-12-6-8)15(13,14)11-4/h5-7,11H,1-4H3. The summed E-state index contributed by atoms with van der Waals surface area (Å²) in [7, 11) is -2.01. The molecular formula is C10H16N2O2S. The van der Waals surface area contributed by atoms with E-state index in [-0.39, 0.29) is 10.3 Å². The van der Waals surface area contributed by atoms with Crippen molar-refractivity contribution in [2.45, 2.75) is 31.1 Å². The summed E-state index contributed by atoms with van der Waals surface area (Å²) >= 11 is 0. The van der Waals surface area contributed by atoms with E-state index >= 15 is 0 Å². The molecule has 0 aliphatic heterocycles. The molecule has 5 heteroatoms. The molecule has 1 N–H and O–H groups in total. The predicted octanol–water partition coefficient (Wildman–Crippen LogP) is 1.29. The maximum atomic E-state index is 11.5. The Labute approximate surface area is 90.8 Å². The third-order valence-corrected chi connectivity index (χ3v) is 3.54. The van der Waals surface area contributed by atoms with Gasteiger partial charge in [0.2, 0.25) is 10.0 Å². The zero-order valence-electron chi connectivity index (χ0n) is 9.40. The summed E-state index contributed by atoms with van der Waals surface area (Å²) in [6.45, 7) is 6.04. The molecule has 4 nitrogen and oxygen atoms in total. The van der Waals surface area contributed by atoms with Crippen LogP contribution in [0.1, 0.15) is 26.3 Å². The summed E-state index contributed by atoms with van der Waals surface area (Å²) in [5.74, 6) is 0. The summed E-state index contributed by atoms with van der Waals surface area (Å²) < 4.78 is 25.3. The van der Waals surface area contributed by atoms with E-state index in [1.807, 2.05) is 20.8 Å². The molecule has 0 unspecified atom stereocenters. The van der Waals surface area contributed by atoms with E-state index in [0.717, 1.165) is 5.56 Å². The van der Waals surface area contributed by atoms with Crippen molar-refractivity contribution in [2.24, 2.45) is 0 Å². The highest BCUT2D eigenvalue weighted by Crippen LogP contribution is 2.23. The van der Waals surface area contributed by atoms with Crippen molar-refractivity contribution in [3.8, 4) is 0 Å². The van der Waals surface area contributed by atoms with Crippen LogP contribution in [0.3, 0.4) is 0 Å². The van der Waals surface area contributed by atoms with Crippen molar-refractivity contribution < 1.29 is 8.42 Å². The molecule has 0 radical (unpaired) electrons. The van der Waals surface area contributed by atoms with Gasteiger partial charge in [-0.25, -0.2) is 13.1 Å². The Bertz CT molecular complexity index is 447. The van der Waals surface area contributed by atoms with Crippen LogP contribution in [0, 0.1) is 0 Å². The van der Waals surface area contributed by atoms with Gasteiger partial charge in [0.05, 0.1) is 0 Å². The first kappa shape index (κ1) is 12.1. The lowest BCUT2D eigenvalue weighted by molar-refractivity contribution is 0.577. The Morgan fingerprint density at radius 2 is 1.87 bits per heavy atom. The van der Waals surface area contributed by atoms with Crippen LogP contribution in [0.4, 0.5) is 0 Å². The number of sulfonamides is 1. The van der Waals surface area contributed by atoms with E-state index in [2.05, 4.69) is 9.71 Å². The maximum Gasteiger partial charge on any atom is 0.241 e. The maximum absolute atomic E-state index is 11.5. The summed E-state index contributed by atoms with van der Waals surface area (Å²) in [4.78, 5) is 4.15. The van der Waals surface area contributed by atoms with Gasteiger partial charge < -0.3 is 0 Å². The second kappa shape index (κ2) is 3.90. The fourth-order valence-electron chi connectivity index (χ4n) is 1.09. The molecule has 1 rings (SSSR count). The molecule has 84 valence electrons. The minimum Gasteiger partial charge on any atom is -0.263 e. The van der Waals surface area contributed by atoms with Gasteiger partial charge in [-0.15, -0.1) is 0 Å². The van der Waals surface area contributed by atoms with Crippen molar-refractivity contribution in [2.75, 3.05) is 7.05 Å². The quantitative estimate of drug-likeness (QED) is 0.829. The smallest absolute Gasteiger partial charge is 0.241 e. The molecule has 15 heavy (non-hydrogen) atoms. The van der Waals surface area contributed by atoms with E-state index < -0.39 is 10.0 Å². The predicted molar refractivity (Wildman–Crippen MR) is 59.2 cm³/mol. The topological polar surface area (TPSA) is 59.1 Å². The van der Waals surface area contributed by atoms with Crippen molar-refractivity contribution in [3.63, 3.8) is 0 Å². The average molecular weight is 228 g/mol. The normalized spacial score (nSPS) is 12.8. The van der Waals surface area contributed by atoms with Gasteiger partial charge in [-0.1, -0.05) is 20.8 Å². The SMILES string of the molecule is CNS(=O)(=O)c1cncc(C(C)(C)C)c1. The third-order valence-electron chi connectivity index (χ3n) is 2.16. The van der Waals surface area contributed by atoms with Gasteiger partial charge in [0.15, 0.2) is 0 Å². The molecule has 0 spiro atoms. The number of hydrogen-bond acceptors (Lipinski definition) is 3. The first-order valence-electron chi connectivity index (χ1n) is 4.66. The first-order valence-corrected chi connectivity index (χ1v) is 6.15. The summed E-state index contributed by atoms with van der Waals surface area (Å²) in [6, 6.07) is 1.65. The molecule has 0 amide bonds. The third kappa shape index (κ3) is 2.76. The monoisotopic (exact) mass is 228 g/mol. The molecule has 0 aliphatic rings. The highest BCUT2D eigenvalue weighted by Gasteiger charge is 2.18. The van der Waals surface area contributed by atoms with Gasteiger partial charge in [-0.05, 0) is 24.1 Å². The number of hydrogen-bond donors (Lipinski definition) is 1. The summed E-state index contributed by atoms with van der Waals surface area (Å²) in [5.41, 5.74) is 0.797. The van der Waals surface area contributed by atoms with Crippen LogP contribution in [-0.2, 0) is 15.4 Å². The molecule has 1 aromatic rings. The Morgan fingerprint density at radius 3 is 2.33 bits per heavy atom. The Kier molecular flexibility index (Phi) is 3.16. The Hall–Kier alpha value is -0.940. The number of pyridine rings is 1. The molecule has 0 saturated carbocycles. The molecular weight excluding hydrogens is 212 g/mol. The number of aromatic nitrogens is 1. The molecule has 1 aromatic heterocycles. The zero-order chi connectivity index (χ0) is 11.7. The van der Waals surface area contributed by atoms with E-state index in [1.54, 1.807) is 12.3 Å². The molecule has 0 aromatic carbocycles. The largest absolute Gasteiger partial charge is 0.263 e. The highest BCUT2D eigenvalue weighted by molar-refractivity contribution is 7.89. The molecule has 0 aliphatic carbocycles. The Balaban J connectivity index is 3.27. The first-order chi connectivity index (χ1) is 6.77. The van der Waals surface area contributed by atoms with E-state index in [4.69, 9.17) is 0 Å². The van der Waals surface area contributed by atoms with Crippen molar-refractivity contribution >= 4 is 10.0 Å². The van der Waals surface area contributed by atoms with Gasteiger partial charge in [-0.2, -0.15) is 0 Å². The lowest BCUT2D eigenvalue weighted by Gasteiger charge is -2.18. The van der Waals surface area contributed by atoms with Crippen LogP contribution in [0.2, 0.25) is 0 Å². The van der Waals surface area contributed by atoms with Crippen molar-refractivity contribution in [1.82, 2.24) is 9.71 Å². The van der Waals surface area contributed by atoms with Crippen LogP contribution in [0.25, 0.3) is 0 Å². The molecule has 0 saturated heterocycles. The van der Waals surface area contributed by atoms with Gasteiger partial charge in [0, 0.05) is 12.4 Å². The Morgan fingerprint density at radius 1 is 1.27 bits per heavy atom. The summed E-state index contributed by atoms with van der Waals surface area (Å²) in [5, 5.41) is 0. The van der Waals surface area contributed by atoms with Crippen LogP contribution in [0.5, 0.6) is 0 Å². The highest BCUT2D eigenvalue weighted by atomic mass is 32.2. The van der Waals surface area contributed by atoms with Crippen LogP contribution in [0.15, 0.2) is 23.4 Å². The lowest BCUT2D eigenvalue weighted by atomic mass is 9.88. The summed E-state index contributed by atoms with van der Waals surface area (Å²) in [6.07, 6.45) is 3.04. The fourth-order valence-corrected chi connectivity index (χ4v) is 1.81. The lowest BCUT2D eigenvalue weighted by Crippen LogP contribution is -2.20. The van der Waals surface area contributed by atoms with E-state index in [9.17, 15) is 8.42 Å². The molecule has 0 atom stereocenters. The average Bonchev–Trinajstić information content (AvgIpc) is 2.17. The van der Waals surface area contributed by atoms with Crippen molar-refractivity contribution in [3.05, 3.63) is 24.0 Å². The molecule has 1 heterocycles. The van der Waals surface area contributed by atoms with Crippen molar-refractivity contribution in [1.29, 1.82) is 0 Å². The minimum atomic E-state index is -3.39. The number of nitrogens with one attached hydrogen (secondary N) is 1. The van der Waals surface area contributed by atoms with E-state index in [1.165, 1.54) is 13.2 Å². The second-order valence-electron chi connectivity index (χ2n) is 4.37. The number of rotatable bonds is 2. The van der Waals surface area contributed by atoms with Gasteiger partial charge in [0.1, 0.15) is 4.90 Å². The van der Waals surface area contributed by atoms with Crippen LogP contribution >= 0.6 is 0 Å². The fraction of sp³-hybridized carbons (Fsp3) is 0.500. The zero-order valence-corrected chi connectivity index (χ0v) is 10.2. The van der Waals surface area contributed by atoms with Gasteiger partial charge >= 0.3 is 0 Å². The number of nitrogens with zero attached hydrogens (tertiary/aromatic N) is 1. The molecule has 0 bridgehead atoms. The molecule has 0 fully saturated rings. The minimum absolute atomic E-state index is 0.105. The van der Waals surface area contributed by atoms with Gasteiger partial charge in [-0.3, -0.25) is 4.98 Å². The van der Waals surface area contributed by atoms with Crippen LogP contribution in [-0.4, -0.2) is 20.4 Å².